The fourth-order valence-corrected chi connectivity index (χ4v) is 6.41. The average Bonchev–Trinajstić information content (AvgIpc) is 3.32. The lowest BCUT2D eigenvalue weighted by atomic mass is 9.89. The van der Waals surface area contributed by atoms with Crippen LogP contribution < -0.4 is 15.4 Å². The van der Waals surface area contributed by atoms with Crippen molar-refractivity contribution < 1.29 is 26.9 Å². The van der Waals surface area contributed by atoms with Gasteiger partial charge in [-0.25, -0.2) is 0 Å². The second-order valence-electron chi connectivity index (χ2n) is 10.7. The van der Waals surface area contributed by atoms with E-state index in [1.165, 1.54) is 11.7 Å². The second-order valence-corrected chi connectivity index (χ2v) is 12.1. The van der Waals surface area contributed by atoms with Crippen molar-refractivity contribution >= 4 is 33.1 Å². The molecule has 0 radical (unpaired) electrons. The van der Waals surface area contributed by atoms with Crippen LogP contribution in [0.15, 0.2) is 47.4 Å². The summed E-state index contributed by atoms with van der Waals surface area (Å²) in [4.78, 5) is 3.16. The third-order valence-electron chi connectivity index (χ3n) is 7.99. The fraction of sp³-hybridized carbons (Fsp3) is 0.484. The van der Waals surface area contributed by atoms with E-state index in [4.69, 9.17) is 9.47 Å². The number of fused-ring (bicyclic) bond motifs is 1. The molecule has 11 heteroatoms. The first-order valence-corrected chi connectivity index (χ1v) is 15.8. The molecule has 2 aromatic carbocycles. The average molecular weight is 603 g/mol. The largest absolute Gasteiger partial charge is 0.495 e. The molecule has 1 saturated carbocycles. The number of morpholine rings is 1. The van der Waals surface area contributed by atoms with Crippen LogP contribution in [0.5, 0.6) is 5.75 Å². The van der Waals surface area contributed by atoms with Crippen LogP contribution in [0, 0.1) is 11.8 Å². The highest BCUT2D eigenvalue weighted by atomic mass is 32.2. The van der Waals surface area contributed by atoms with Gasteiger partial charge in [0, 0.05) is 58.2 Å². The molecule has 7 nitrogen and oxygen atoms in total. The van der Waals surface area contributed by atoms with Crippen LogP contribution >= 0.6 is 0 Å². The van der Waals surface area contributed by atoms with Crippen LogP contribution in [-0.2, 0) is 22.1 Å². The molecule has 42 heavy (non-hydrogen) atoms. The van der Waals surface area contributed by atoms with Gasteiger partial charge in [0.1, 0.15) is 12.3 Å². The zero-order valence-electron chi connectivity index (χ0n) is 23.9. The van der Waals surface area contributed by atoms with E-state index >= 15 is 0 Å². The molecule has 1 aliphatic heterocycles. The molecule has 2 N–H and O–H groups in total. The van der Waals surface area contributed by atoms with Gasteiger partial charge < -0.3 is 24.7 Å². The van der Waals surface area contributed by atoms with Gasteiger partial charge in [-0.2, -0.15) is 13.2 Å². The summed E-state index contributed by atoms with van der Waals surface area (Å²) < 4.78 is 64.8. The zero-order valence-corrected chi connectivity index (χ0v) is 24.7. The molecule has 1 atom stereocenters. The van der Waals surface area contributed by atoms with E-state index in [1.807, 2.05) is 6.07 Å². The maximum absolute atomic E-state index is 13.6. The number of ether oxygens (including phenoxy) is 2. The molecule has 2 aliphatic rings. The number of methoxy groups -OCH3 is 1. The molecular formula is C31H37F3N4O3S. The normalized spacial score (nSPS) is 20.5. The topological polar surface area (TPSA) is 67.8 Å². The van der Waals surface area contributed by atoms with Crippen molar-refractivity contribution in [3.8, 4) is 17.6 Å². The van der Waals surface area contributed by atoms with Crippen molar-refractivity contribution in [3.05, 3.63) is 48.2 Å². The van der Waals surface area contributed by atoms with Gasteiger partial charge in [0.25, 0.3) is 0 Å². The molecule has 1 aliphatic carbocycles. The maximum Gasteiger partial charge on any atom is 0.406 e. The molecule has 2 heterocycles. The van der Waals surface area contributed by atoms with Gasteiger partial charge in [0.2, 0.25) is 0 Å². The second kappa shape index (κ2) is 13.4. The summed E-state index contributed by atoms with van der Waals surface area (Å²) in [7, 11) is 0.370. The Morgan fingerprint density at radius 1 is 1.07 bits per heavy atom. The summed E-state index contributed by atoms with van der Waals surface area (Å²) >= 11 is 0. The third kappa shape index (κ3) is 7.41. The Labute approximate surface area is 247 Å². The van der Waals surface area contributed by atoms with E-state index in [9.17, 15) is 17.4 Å². The van der Waals surface area contributed by atoms with E-state index in [1.54, 1.807) is 42.7 Å². The number of anilines is 2. The highest BCUT2D eigenvalue weighted by Gasteiger charge is 2.31. The van der Waals surface area contributed by atoms with Gasteiger partial charge in [0.15, 0.2) is 0 Å². The van der Waals surface area contributed by atoms with Crippen LogP contribution in [0.4, 0.5) is 24.5 Å². The van der Waals surface area contributed by atoms with Crippen molar-refractivity contribution in [2.75, 3.05) is 56.8 Å². The highest BCUT2D eigenvalue weighted by Crippen LogP contribution is 2.33. The number of nitrogens with one attached hydrogen (secondary N) is 2. The van der Waals surface area contributed by atoms with Crippen molar-refractivity contribution in [2.45, 2.75) is 55.4 Å². The Balaban J connectivity index is 1.32. The first-order valence-electron chi connectivity index (χ1n) is 14.2. The van der Waals surface area contributed by atoms with Crippen molar-refractivity contribution in [2.24, 2.45) is 0 Å². The van der Waals surface area contributed by atoms with Crippen molar-refractivity contribution in [1.82, 2.24) is 9.47 Å². The van der Waals surface area contributed by atoms with Crippen LogP contribution in [0.3, 0.4) is 0 Å². The molecule has 226 valence electrons. The molecule has 0 spiro atoms. The number of hydrogen-bond donors (Lipinski definition) is 2. The summed E-state index contributed by atoms with van der Waals surface area (Å²) in [5.41, 5.74) is 2.30. The molecule has 1 aromatic heterocycles. The summed E-state index contributed by atoms with van der Waals surface area (Å²) in [6.45, 7) is 2.62. The van der Waals surface area contributed by atoms with Gasteiger partial charge in [-0.3, -0.25) is 9.11 Å². The number of alkyl halides is 3. The van der Waals surface area contributed by atoms with Gasteiger partial charge in [0.05, 0.1) is 43.8 Å². The molecular weight excluding hydrogens is 565 g/mol. The lowest BCUT2D eigenvalue weighted by Gasteiger charge is -2.39. The van der Waals surface area contributed by atoms with E-state index in [2.05, 4.69) is 27.4 Å². The lowest BCUT2D eigenvalue weighted by molar-refractivity contribution is -0.140. The molecule has 1 saturated heterocycles. The number of hydrogen-bond acceptors (Lipinski definition) is 6. The number of benzene rings is 2. The standard InChI is InChI=1S/C31H37F3N4O3S/c1-40-30-20-25(42(2)39)12-13-28(30)35-14-4-5-24-19-26-27(6-3-7-29(26)38(24)21-31(32,33)34)36-22-8-10-23(11-9-22)37-15-17-41-18-16-37/h3,6-7,12-13,19-20,22-23,35-36H,8-11,14-18,21H2,1-2H3. The summed E-state index contributed by atoms with van der Waals surface area (Å²) in [5.74, 6) is 6.44. The Morgan fingerprint density at radius 2 is 1.83 bits per heavy atom. The molecule has 0 bridgehead atoms. The lowest BCUT2D eigenvalue weighted by Crippen LogP contribution is -2.46. The zero-order chi connectivity index (χ0) is 29.7. The van der Waals surface area contributed by atoms with E-state index in [0.29, 0.717) is 33.6 Å². The summed E-state index contributed by atoms with van der Waals surface area (Å²) in [6.07, 6.45) is 1.41. The van der Waals surface area contributed by atoms with Gasteiger partial charge in [-0.1, -0.05) is 12.0 Å². The minimum absolute atomic E-state index is 0.190. The van der Waals surface area contributed by atoms with E-state index < -0.39 is 23.5 Å². The molecule has 0 amide bonds. The predicted octanol–water partition coefficient (Wildman–Crippen LogP) is 5.47. The van der Waals surface area contributed by atoms with Crippen LogP contribution in [-0.4, -0.2) is 78.1 Å². The maximum atomic E-state index is 13.6. The summed E-state index contributed by atoms with van der Waals surface area (Å²) in [5, 5.41) is 7.51. The SMILES string of the molecule is COc1cc(S(C)=O)ccc1NCC#Cc1cc2c(NC3CCC(N4CCOCC4)CC3)cccc2n1CC(F)(F)F. The number of halogens is 3. The quantitative estimate of drug-likeness (QED) is 0.334. The van der Waals surface area contributed by atoms with Gasteiger partial charge in [-0.05, 0) is 68.0 Å². The molecule has 1 unspecified atom stereocenters. The van der Waals surface area contributed by atoms with Crippen molar-refractivity contribution in [3.63, 3.8) is 0 Å². The van der Waals surface area contributed by atoms with Crippen LogP contribution in [0.2, 0.25) is 0 Å². The number of aromatic nitrogens is 1. The Morgan fingerprint density at radius 3 is 2.52 bits per heavy atom. The van der Waals surface area contributed by atoms with Gasteiger partial charge in [-0.15, -0.1) is 0 Å². The fourth-order valence-electron chi connectivity index (χ4n) is 5.88. The Bertz CT molecular complexity index is 1470. The Hall–Kier alpha value is -3.20. The summed E-state index contributed by atoms with van der Waals surface area (Å²) in [6, 6.07) is 13.2. The van der Waals surface area contributed by atoms with Gasteiger partial charge >= 0.3 is 6.18 Å². The molecule has 2 fully saturated rings. The Kier molecular flexibility index (Phi) is 9.66. The first kappa shape index (κ1) is 30.3. The van der Waals surface area contributed by atoms with Crippen LogP contribution in [0.1, 0.15) is 31.4 Å². The third-order valence-corrected chi connectivity index (χ3v) is 8.91. The predicted molar refractivity (Wildman–Crippen MR) is 161 cm³/mol. The van der Waals surface area contributed by atoms with Crippen LogP contribution in [0.25, 0.3) is 10.9 Å². The minimum atomic E-state index is -4.39. The highest BCUT2D eigenvalue weighted by molar-refractivity contribution is 7.84. The monoisotopic (exact) mass is 602 g/mol. The first-order chi connectivity index (χ1) is 20.2. The number of rotatable bonds is 8. The van der Waals surface area contributed by atoms with Crippen molar-refractivity contribution in [1.29, 1.82) is 0 Å². The molecule has 5 rings (SSSR count). The number of nitrogens with zero attached hydrogens (tertiary/aromatic N) is 2. The van der Waals surface area contributed by atoms with E-state index in [0.717, 1.165) is 63.1 Å². The molecule has 3 aromatic rings. The minimum Gasteiger partial charge on any atom is -0.495 e. The smallest absolute Gasteiger partial charge is 0.406 e. The van der Waals surface area contributed by atoms with E-state index in [-0.39, 0.29) is 12.6 Å².